The van der Waals surface area contributed by atoms with Crippen LogP contribution in [-0.2, 0) is 0 Å². The van der Waals surface area contributed by atoms with Crippen molar-refractivity contribution in [2.75, 3.05) is 5.32 Å². The Hall–Kier alpha value is -2.19. The zero-order chi connectivity index (χ0) is 15.0. The predicted octanol–water partition coefficient (Wildman–Crippen LogP) is 2.29. The molecule has 0 aliphatic rings. The molecule has 0 aliphatic carbocycles. The first-order chi connectivity index (χ1) is 10.1. The molecular formula is C13H8BrN3O3S. The van der Waals surface area contributed by atoms with Crippen molar-refractivity contribution in [2.24, 2.45) is 0 Å². The van der Waals surface area contributed by atoms with E-state index in [0.717, 1.165) is 3.79 Å². The zero-order valence-corrected chi connectivity index (χ0v) is 12.8. The Bertz CT molecular complexity index is 957. The standard InChI is InChI=1S/C13H8BrN3O3S/c14-9-5-4-8(21-9)12(19)15-7-3-1-2-6-10(7)13(20)17-16-11(6)18/h1-5H,(H,15,19)(H,16,18)(H,17,20). The van der Waals surface area contributed by atoms with Crippen molar-refractivity contribution in [1.82, 2.24) is 10.2 Å². The molecule has 0 saturated carbocycles. The summed E-state index contributed by atoms with van der Waals surface area (Å²) in [6, 6.07) is 8.15. The molecule has 1 aromatic carbocycles. The number of rotatable bonds is 2. The van der Waals surface area contributed by atoms with Crippen molar-refractivity contribution < 1.29 is 4.79 Å². The van der Waals surface area contributed by atoms with Gasteiger partial charge >= 0.3 is 0 Å². The second kappa shape index (κ2) is 5.30. The minimum absolute atomic E-state index is 0.158. The maximum Gasteiger partial charge on any atom is 0.272 e. The van der Waals surface area contributed by atoms with Crippen molar-refractivity contribution in [3.63, 3.8) is 0 Å². The molecule has 3 N–H and O–H groups in total. The van der Waals surface area contributed by atoms with Crippen LogP contribution < -0.4 is 16.4 Å². The average molecular weight is 366 g/mol. The largest absolute Gasteiger partial charge is 0.321 e. The number of hydrogen-bond acceptors (Lipinski definition) is 4. The lowest BCUT2D eigenvalue weighted by molar-refractivity contribution is 0.103. The fraction of sp³-hybridized carbons (Fsp3) is 0. The van der Waals surface area contributed by atoms with Gasteiger partial charge in [0.25, 0.3) is 17.0 Å². The van der Waals surface area contributed by atoms with Gasteiger partial charge in [0.2, 0.25) is 0 Å². The lowest BCUT2D eigenvalue weighted by Gasteiger charge is -2.06. The van der Waals surface area contributed by atoms with Crippen molar-refractivity contribution in [1.29, 1.82) is 0 Å². The van der Waals surface area contributed by atoms with E-state index in [1.54, 1.807) is 24.3 Å². The van der Waals surface area contributed by atoms with Gasteiger partial charge < -0.3 is 5.32 Å². The molecule has 21 heavy (non-hydrogen) atoms. The summed E-state index contributed by atoms with van der Waals surface area (Å²) in [6.45, 7) is 0. The summed E-state index contributed by atoms with van der Waals surface area (Å²) in [6.07, 6.45) is 0. The van der Waals surface area contributed by atoms with E-state index in [1.807, 2.05) is 0 Å². The number of carbonyl (C=O) groups is 1. The Morgan fingerprint density at radius 2 is 1.86 bits per heavy atom. The van der Waals surface area contributed by atoms with Crippen LogP contribution in [0.5, 0.6) is 0 Å². The molecule has 0 bridgehead atoms. The molecule has 0 radical (unpaired) electrons. The molecule has 0 fully saturated rings. The van der Waals surface area contributed by atoms with E-state index in [0.29, 0.717) is 10.6 Å². The number of halogens is 1. The van der Waals surface area contributed by atoms with Crippen LogP contribution in [0.1, 0.15) is 9.67 Å². The van der Waals surface area contributed by atoms with Crippen molar-refractivity contribution in [3.8, 4) is 0 Å². The average Bonchev–Trinajstić information content (AvgIpc) is 2.90. The molecule has 3 aromatic rings. The molecule has 0 saturated heterocycles. The number of amides is 1. The summed E-state index contributed by atoms with van der Waals surface area (Å²) < 4.78 is 0.833. The van der Waals surface area contributed by atoms with E-state index in [-0.39, 0.29) is 16.7 Å². The highest BCUT2D eigenvalue weighted by Crippen LogP contribution is 2.24. The maximum absolute atomic E-state index is 12.1. The fourth-order valence-electron chi connectivity index (χ4n) is 1.95. The molecule has 8 heteroatoms. The Morgan fingerprint density at radius 1 is 1.10 bits per heavy atom. The summed E-state index contributed by atoms with van der Waals surface area (Å²) in [5.74, 6) is -0.335. The second-order valence-corrected chi connectivity index (χ2v) is 6.66. The molecule has 0 atom stereocenters. The van der Waals surface area contributed by atoms with Crippen molar-refractivity contribution in [3.05, 3.63) is 59.7 Å². The van der Waals surface area contributed by atoms with Gasteiger partial charge in [-0.05, 0) is 40.2 Å². The number of nitrogens with one attached hydrogen (secondary N) is 3. The first kappa shape index (κ1) is 13.8. The van der Waals surface area contributed by atoms with Crippen LogP contribution in [0.2, 0.25) is 0 Å². The van der Waals surface area contributed by atoms with Crippen LogP contribution in [0.3, 0.4) is 0 Å². The number of thiophene rings is 1. The SMILES string of the molecule is O=C(Nc1cccc2c(=O)[nH][nH]c(=O)c12)c1ccc(Br)s1. The molecule has 3 rings (SSSR count). The van der Waals surface area contributed by atoms with Crippen LogP contribution >= 0.6 is 27.3 Å². The van der Waals surface area contributed by atoms with Gasteiger partial charge in [-0.3, -0.25) is 24.6 Å². The van der Waals surface area contributed by atoms with Gasteiger partial charge in [-0.2, -0.15) is 0 Å². The lowest BCUT2D eigenvalue weighted by atomic mass is 10.1. The molecule has 0 spiro atoms. The molecular weight excluding hydrogens is 358 g/mol. The quantitative estimate of drug-likeness (QED) is 0.650. The van der Waals surface area contributed by atoms with E-state index < -0.39 is 11.1 Å². The number of H-pyrrole nitrogens is 2. The van der Waals surface area contributed by atoms with Gasteiger partial charge in [-0.25, -0.2) is 0 Å². The minimum atomic E-state index is -0.465. The summed E-state index contributed by atoms with van der Waals surface area (Å²) >= 11 is 4.56. The van der Waals surface area contributed by atoms with Gasteiger partial charge in [-0.1, -0.05) is 6.07 Å². The minimum Gasteiger partial charge on any atom is -0.321 e. The van der Waals surface area contributed by atoms with E-state index >= 15 is 0 Å². The van der Waals surface area contributed by atoms with Crippen LogP contribution in [-0.4, -0.2) is 16.1 Å². The van der Waals surface area contributed by atoms with E-state index in [9.17, 15) is 14.4 Å². The van der Waals surface area contributed by atoms with E-state index in [4.69, 9.17) is 0 Å². The van der Waals surface area contributed by atoms with Gasteiger partial charge in [0.05, 0.1) is 25.1 Å². The van der Waals surface area contributed by atoms with Crippen LogP contribution in [0, 0.1) is 0 Å². The van der Waals surface area contributed by atoms with Crippen LogP contribution in [0.25, 0.3) is 10.8 Å². The molecule has 106 valence electrons. The third kappa shape index (κ3) is 2.55. The Kier molecular flexibility index (Phi) is 3.48. The normalized spacial score (nSPS) is 10.7. The Balaban J connectivity index is 2.09. The number of carbonyl (C=O) groups excluding carboxylic acids is 1. The van der Waals surface area contributed by atoms with Gasteiger partial charge in [0.15, 0.2) is 0 Å². The number of hydrogen-bond donors (Lipinski definition) is 3. The number of aromatic nitrogens is 2. The smallest absolute Gasteiger partial charge is 0.272 e. The van der Waals surface area contributed by atoms with E-state index in [1.165, 1.54) is 17.4 Å². The highest BCUT2D eigenvalue weighted by Gasteiger charge is 2.13. The summed E-state index contributed by atoms with van der Waals surface area (Å²) in [5.41, 5.74) is -0.582. The third-order valence-electron chi connectivity index (χ3n) is 2.87. The zero-order valence-electron chi connectivity index (χ0n) is 10.4. The van der Waals surface area contributed by atoms with Crippen LogP contribution in [0.4, 0.5) is 5.69 Å². The fourth-order valence-corrected chi connectivity index (χ4v) is 3.24. The van der Waals surface area contributed by atoms with Gasteiger partial charge in [0, 0.05) is 0 Å². The number of anilines is 1. The number of aromatic amines is 2. The third-order valence-corrected chi connectivity index (χ3v) is 4.49. The second-order valence-electron chi connectivity index (χ2n) is 4.19. The molecule has 2 heterocycles. The monoisotopic (exact) mass is 365 g/mol. The van der Waals surface area contributed by atoms with Crippen LogP contribution in [0.15, 0.2) is 43.7 Å². The molecule has 2 aromatic heterocycles. The number of benzene rings is 1. The number of fused-ring (bicyclic) bond motifs is 1. The Labute approximate surface area is 129 Å². The lowest BCUT2D eigenvalue weighted by Crippen LogP contribution is -2.21. The van der Waals surface area contributed by atoms with Gasteiger partial charge in [-0.15, -0.1) is 11.3 Å². The first-order valence-electron chi connectivity index (χ1n) is 5.86. The van der Waals surface area contributed by atoms with Crippen molar-refractivity contribution in [2.45, 2.75) is 0 Å². The predicted molar refractivity (Wildman–Crippen MR) is 85.2 cm³/mol. The molecule has 0 unspecified atom stereocenters. The van der Waals surface area contributed by atoms with Gasteiger partial charge in [0.1, 0.15) is 0 Å². The van der Waals surface area contributed by atoms with E-state index in [2.05, 4.69) is 31.4 Å². The van der Waals surface area contributed by atoms with Crippen molar-refractivity contribution >= 4 is 49.6 Å². The molecule has 0 aliphatic heterocycles. The highest BCUT2D eigenvalue weighted by molar-refractivity contribution is 9.11. The summed E-state index contributed by atoms with van der Waals surface area (Å²) in [7, 11) is 0. The Morgan fingerprint density at radius 3 is 2.57 bits per heavy atom. The topological polar surface area (TPSA) is 94.8 Å². The first-order valence-corrected chi connectivity index (χ1v) is 7.47. The highest BCUT2D eigenvalue weighted by atomic mass is 79.9. The summed E-state index contributed by atoms with van der Waals surface area (Å²) in [5, 5.41) is 7.54. The molecule has 1 amide bonds. The maximum atomic E-state index is 12.1. The summed E-state index contributed by atoms with van der Waals surface area (Å²) in [4.78, 5) is 36.2. The molecule has 6 nitrogen and oxygen atoms in total.